The van der Waals surface area contributed by atoms with Crippen LogP contribution in [0.15, 0.2) is 0 Å². The monoisotopic (exact) mass is 223 g/mol. The Labute approximate surface area is 101 Å². The molecule has 0 heterocycles. The zero-order valence-corrected chi connectivity index (χ0v) is 11.2. The molecular formula is C15H29N. The highest BCUT2D eigenvalue weighted by molar-refractivity contribution is 4.87. The van der Waals surface area contributed by atoms with E-state index in [0.29, 0.717) is 5.41 Å². The maximum atomic E-state index is 3.84. The van der Waals surface area contributed by atoms with Crippen molar-refractivity contribution in [1.82, 2.24) is 5.32 Å². The molecule has 0 aromatic rings. The molecule has 1 N–H and O–H groups in total. The van der Waals surface area contributed by atoms with Gasteiger partial charge in [-0.1, -0.05) is 52.4 Å². The molecule has 0 aliphatic heterocycles. The summed E-state index contributed by atoms with van der Waals surface area (Å²) in [6.45, 7) is 6.15. The van der Waals surface area contributed by atoms with Crippen molar-refractivity contribution >= 4 is 0 Å². The Morgan fingerprint density at radius 2 is 1.69 bits per heavy atom. The van der Waals surface area contributed by atoms with Crippen LogP contribution in [0.1, 0.15) is 71.6 Å². The van der Waals surface area contributed by atoms with Crippen molar-refractivity contribution in [2.75, 3.05) is 6.54 Å². The Bertz CT molecular complexity index is 203. The summed E-state index contributed by atoms with van der Waals surface area (Å²) in [5.41, 5.74) is 0.536. The molecule has 1 atom stereocenters. The smallest absolute Gasteiger partial charge is 0.0118 e. The minimum atomic E-state index is 0.536. The molecule has 2 saturated carbocycles. The summed E-state index contributed by atoms with van der Waals surface area (Å²) in [4.78, 5) is 0. The Hall–Kier alpha value is -0.0400. The largest absolute Gasteiger partial charge is 0.313 e. The molecule has 0 aromatic heterocycles. The molecule has 2 fully saturated rings. The van der Waals surface area contributed by atoms with Crippen LogP contribution in [0.2, 0.25) is 0 Å². The Morgan fingerprint density at radius 3 is 2.38 bits per heavy atom. The van der Waals surface area contributed by atoms with Gasteiger partial charge in [-0.05, 0) is 37.1 Å². The van der Waals surface area contributed by atoms with Crippen LogP contribution in [0.4, 0.5) is 0 Å². The third-order valence-electron chi connectivity index (χ3n) is 4.93. The molecule has 0 spiro atoms. The van der Waals surface area contributed by atoms with E-state index in [0.717, 1.165) is 12.0 Å². The van der Waals surface area contributed by atoms with Crippen molar-refractivity contribution in [3.8, 4) is 0 Å². The topological polar surface area (TPSA) is 12.0 Å². The Balaban J connectivity index is 1.67. The second-order valence-electron chi connectivity index (χ2n) is 6.68. The number of nitrogens with one attached hydrogen (secondary N) is 1. The van der Waals surface area contributed by atoms with Crippen LogP contribution in [0.3, 0.4) is 0 Å². The van der Waals surface area contributed by atoms with E-state index in [1.54, 1.807) is 0 Å². The maximum Gasteiger partial charge on any atom is 0.0118 e. The molecule has 2 aliphatic carbocycles. The first-order valence-electron chi connectivity index (χ1n) is 7.42. The summed E-state index contributed by atoms with van der Waals surface area (Å²) in [6.07, 6.45) is 13.1. The van der Waals surface area contributed by atoms with E-state index < -0.39 is 0 Å². The van der Waals surface area contributed by atoms with Gasteiger partial charge in [0.05, 0.1) is 0 Å². The average molecular weight is 223 g/mol. The molecule has 0 aromatic carbocycles. The zero-order valence-electron chi connectivity index (χ0n) is 11.2. The lowest BCUT2D eigenvalue weighted by molar-refractivity contribution is 0.166. The number of hydrogen-bond acceptors (Lipinski definition) is 1. The lowest BCUT2D eigenvalue weighted by Crippen LogP contribution is -2.44. The van der Waals surface area contributed by atoms with E-state index in [1.165, 1.54) is 64.3 Å². The zero-order chi connectivity index (χ0) is 11.4. The SMILES string of the molecule is CC1(C)CCCCC1NCCC1CCCC1. The molecule has 0 saturated heterocycles. The summed E-state index contributed by atoms with van der Waals surface area (Å²) >= 11 is 0. The van der Waals surface area contributed by atoms with Crippen molar-refractivity contribution in [1.29, 1.82) is 0 Å². The molecule has 94 valence electrons. The van der Waals surface area contributed by atoms with Crippen LogP contribution in [-0.4, -0.2) is 12.6 Å². The van der Waals surface area contributed by atoms with Gasteiger partial charge in [-0.3, -0.25) is 0 Å². The van der Waals surface area contributed by atoms with Crippen LogP contribution < -0.4 is 5.32 Å². The van der Waals surface area contributed by atoms with Crippen molar-refractivity contribution in [2.24, 2.45) is 11.3 Å². The molecule has 1 unspecified atom stereocenters. The molecule has 1 nitrogen and oxygen atoms in total. The fraction of sp³-hybridized carbons (Fsp3) is 1.00. The Kier molecular flexibility index (Phi) is 4.29. The van der Waals surface area contributed by atoms with Gasteiger partial charge >= 0.3 is 0 Å². The predicted molar refractivity (Wildman–Crippen MR) is 70.6 cm³/mol. The highest BCUT2D eigenvalue weighted by Crippen LogP contribution is 2.35. The highest BCUT2D eigenvalue weighted by atomic mass is 14.9. The first kappa shape index (κ1) is 12.4. The average Bonchev–Trinajstić information content (AvgIpc) is 2.73. The first-order chi connectivity index (χ1) is 7.68. The minimum absolute atomic E-state index is 0.536. The van der Waals surface area contributed by atoms with Gasteiger partial charge in [-0.15, -0.1) is 0 Å². The summed E-state index contributed by atoms with van der Waals surface area (Å²) in [5, 5.41) is 3.84. The number of rotatable bonds is 4. The summed E-state index contributed by atoms with van der Waals surface area (Å²) in [7, 11) is 0. The second kappa shape index (κ2) is 5.53. The molecule has 2 aliphatic rings. The van der Waals surface area contributed by atoms with E-state index in [9.17, 15) is 0 Å². The molecule has 0 bridgehead atoms. The van der Waals surface area contributed by atoms with Crippen LogP contribution in [-0.2, 0) is 0 Å². The standard InChI is InChI=1S/C15H29N/c1-15(2)11-6-5-9-14(15)16-12-10-13-7-3-4-8-13/h13-14,16H,3-12H2,1-2H3. The fourth-order valence-corrected chi connectivity index (χ4v) is 3.63. The predicted octanol–water partition coefficient (Wildman–Crippen LogP) is 4.13. The first-order valence-corrected chi connectivity index (χ1v) is 7.42. The van der Waals surface area contributed by atoms with Gasteiger partial charge in [0.15, 0.2) is 0 Å². The van der Waals surface area contributed by atoms with E-state index in [4.69, 9.17) is 0 Å². The molecule has 1 heteroatoms. The number of hydrogen-bond donors (Lipinski definition) is 1. The maximum absolute atomic E-state index is 3.84. The van der Waals surface area contributed by atoms with Crippen molar-refractivity contribution in [3.63, 3.8) is 0 Å². The van der Waals surface area contributed by atoms with Gasteiger partial charge in [0.2, 0.25) is 0 Å². The van der Waals surface area contributed by atoms with Crippen LogP contribution >= 0.6 is 0 Å². The summed E-state index contributed by atoms with van der Waals surface area (Å²) in [6, 6.07) is 0.780. The summed E-state index contributed by atoms with van der Waals surface area (Å²) in [5.74, 6) is 1.04. The molecular weight excluding hydrogens is 194 g/mol. The summed E-state index contributed by atoms with van der Waals surface area (Å²) < 4.78 is 0. The van der Waals surface area contributed by atoms with Gasteiger partial charge in [-0.25, -0.2) is 0 Å². The normalized spacial score (nSPS) is 30.8. The van der Waals surface area contributed by atoms with Crippen LogP contribution in [0.5, 0.6) is 0 Å². The van der Waals surface area contributed by atoms with Gasteiger partial charge in [0.25, 0.3) is 0 Å². The van der Waals surface area contributed by atoms with Gasteiger partial charge in [0.1, 0.15) is 0 Å². The third kappa shape index (κ3) is 3.23. The molecule has 0 amide bonds. The quantitative estimate of drug-likeness (QED) is 0.756. The molecule has 16 heavy (non-hydrogen) atoms. The third-order valence-corrected chi connectivity index (χ3v) is 4.93. The van der Waals surface area contributed by atoms with Crippen molar-refractivity contribution in [3.05, 3.63) is 0 Å². The Morgan fingerprint density at radius 1 is 1.00 bits per heavy atom. The minimum Gasteiger partial charge on any atom is -0.313 e. The van der Waals surface area contributed by atoms with E-state index >= 15 is 0 Å². The van der Waals surface area contributed by atoms with E-state index in [1.807, 2.05) is 0 Å². The van der Waals surface area contributed by atoms with Crippen molar-refractivity contribution in [2.45, 2.75) is 77.7 Å². The second-order valence-corrected chi connectivity index (χ2v) is 6.68. The lowest BCUT2D eigenvalue weighted by Gasteiger charge is -2.39. The molecule has 0 radical (unpaired) electrons. The van der Waals surface area contributed by atoms with Crippen LogP contribution in [0.25, 0.3) is 0 Å². The molecule has 2 rings (SSSR count). The van der Waals surface area contributed by atoms with Gasteiger partial charge < -0.3 is 5.32 Å². The van der Waals surface area contributed by atoms with Gasteiger partial charge in [-0.2, -0.15) is 0 Å². The van der Waals surface area contributed by atoms with Crippen LogP contribution in [0, 0.1) is 11.3 Å². The lowest BCUT2D eigenvalue weighted by atomic mass is 9.73. The van der Waals surface area contributed by atoms with Crippen molar-refractivity contribution < 1.29 is 0 Å². The highest BCUT2D eigenvalue weighted by Gasteiger charge is 2.31. The fourth-order valence-electron chi connectivity index (χ4n) is 3.63. The van der Waals surface area contributed by atoms with Gasteiger partial charge in [0, 0.05) is 6.04 Å². The van der Waals surface area contributed by atoms with E-state index in [2.05, 4.69) is 19.2 Å². The van der Waals surface area contributed by atoms with E-state index in [-0.39, 0.29) is 0 Å².